The standard InChI is InChI=1S/C22H22F3N5O2/c1-13-5-17(15-6-14(11-32-4)7-26-8-15)28-19-18(13)20(31)30(21(19,2)3)16-9-27-29(10-16)12-22(23,24)25/h5-10H,11-12H2,1-4H3. The Kier molecular flexibility index (Phi) is 5.28. The van der Waals surface area contributed by atoms with Crippen molar-refractivity contribution in [3.05, 3.63) is 59.3 Å². The van der Waals surface area contributed by atoms with E-state index in [-0.39, 0.29) is 11.6 Å². The lowest BCUT2D eigenvalue weighted by Gasteiger charge is -2.30. The van der Waals surface area contributed by atoms with E-state index in [4.69, 9.17) is 9.72 Å². The van der Waals surface area contributed by atoms with Crippen LogP contribution in [0.5, 0.6) is 0 Å². The molecular formula is C22H22F3N5O2. The van der Waals surface area contributed by atoms with Gasteiger partial charge in [0.2, 0.25) is 0 Å². The summed E-state index contributed by atoms with van der Waals surface area (Å²) in [7, 11) is 1.60. The maximum atomic E-state index is 13.3. The highest BCUT2D eigenvalue weighted by Gasteiger charge is 2.47. The summed E-state index contributed by atoms with van der Waals surface area (Å²) in [5.74, 6) is -0.320. The topological polar surface area (TPSA) is 73.1 Å². The van der Waals surface area contributed by atoms with Gasteiger partial charge in [-0.2, -0.15) is 18.3 Å². The first kappa shape index (κ1) is 21.9. The van der Waals surface area contributed by atoms with Gasteiger partial charge in [0.25, 0.3) is 5.91 Å². The number of amides is 1. The SMILES string of the molecule is COCc1cncc(-c2cc(C)c3c(n2)C(C)(C)N(c2cnn(CC(F)(F)F)c2)C3=O)c1. The molecule has 3 aromatic heterocycles. The Hall–Kier alpha value is -3.27. The Morgan fingerprint density at radius 1 is 1.16 bits per heavy atom. The van der Waals surface area contributed by atoms with Crippen LogP contribution in [0.15, 0.2) is 36.9 Å². The van der Waals surface area contributed by atoms with Crippen molar-refractivity contribution < 1.29 is 22.7 Å². The highest BCUT2D eigenvalue weighted by atomic mass is 19.4. The molecule has 0 unspecified atom stereocenters. The summed E-state index contributed by atoms with van der Waals surface area (Å²) >= 11 is 0. The van der Waals surface area contributed by atoms with Gasteiger partial charge in [-0.15, -0.1) is 0 Å². The average molecular weight is 445 g/mol. The Bertz CT molecular complexity index is 1190. The number of methoxy groups -OCH3 is 1. The molecule has 0 N–H and O–H groups in total. The number of pyridine rings is 2. The van der Waals surface area contributed by atoms with Crippen LogP contribution in [0.1, 0.15) is 41.0 Å². The van der Waals surface area contributed by atoms with Crippen LogP contribution in [0.2, 0.25) is 0 Å². The van der Waals surface area contributed by atoms with Gasteiger partial charge in [0, 0.05) is 31.3 Å². The van der Waals surface area contributed by atoms with Gasteiger partial charge < -0.3 is 4.74 Å². The number of anilines is 1. The van der Waals surface area contributed by atoms with E-state index in [2.05, 4.69) is 10.1 Å². The third kappa shape index (κ3) is 3.86. The van der Waals surface area contributed by atoms with Gasteiger partial charge in [-0.3, -0.25) is 19.4 Å². The third-order valence-electron chi connectivity index (χ3n) is 5.39. The van der Waals surface area contributed by atoms with Crippen molar-refractivity contribution in [2.75, 3.05) is 12.0 Å². The van der Waals surface area contributed by atoms with E-state index in [1.54, 1.807) is 19.5 Å². The molecule has 4 heterocycles. The molecule has 1 aliphatic rings. The number of carbonyl (C=O) groups is 1. The van der Waals surface area contributed by atoms with Crippen molar-refractivity contribution in [2.24, 2.45) is 0 Å². The molecule has 0 spiro atoms. The normalized spacial score (nSPS) is 15.3. The van der Waals surface area contributed by atoms with Gasteiger partial charge in [0.15, 0.2) is 0 Å². The molecule has 1 aliphatic heterocycles. The summed E-state index contributed by atoms with van der Waals surface area (Å²) in [4.78, 5) is 23.8. The second-order valence-corrected chi connectivity index (χ2v) is 8.27. The summed E-state index contributed by atoms with van der Waals surface area (Å²) in [6, 6.07) is 3.74. The quantitative estimate of drug-likeness (QED) is 0.587. The molecule has 0 aliphatic carbocycles. The molecule has 0 aromatic carbocycles. The zero-order valence-corrected chi connectivity index (χ0v) is 18.1. The van der Waals surface area contributed by atoms with Crippen molar-refractivity contribution in [3.8, 4) is 11.3 Å². The van der Waals surface area contributed by atoms with Crippen LogP contribution >= 0.6 is 0 Å². The fourth-order valence-electron chi connectivity index (χ4n) is 4.06. The third-order valence-corrected chi connectivity index (χ3v) is 5.39. The molecular weight excluding hydrogens is 423 g/mol. The van der Waals surface area contributed by atoms with Crippen molar-refractivity contribution in [1.29, 1.82) is 0 Å². The molecule has 4 rings (SSSR count). The van der Waals surface area contributed by atoms with E-state index < -0.39 is 18.3 Å². The number of rotatable bonds is 5. The highest BCUT2D eigenvalue weighted by molar-refractivity contribution is 6.12. The first-order valence-electron chi connectivity index (χ1n) is 9.90. The monoisotopic (exact) mass is 445 g/mol. The Morgan fingerprint density at radius 3 is 2.59 bits per heavy atom. The van der Waals surface area contributed by atoms with Gasteiger partial charge in [0.05, 0.1) is 41.0 Å². The molecule has 1 amide bonds. The smallest absolute Gasteiger partial charge is 0.380 e. The fourth-order valence-corrected chi connectivity index (χ4v) is 4.06. The van der Waals surface area contributed by atoms with Gasteiger partial charge in [0.1, 0.15) is 6.54 Å². The second kappa shape index (κ2) is 7.70. The second-order valence-electron chi connectivity index (χ2n) is 8.27. The van der Waals surface area contributed by atoms with E-state index in [0.29, 0.717) is 23.6 Å². The van der Waals surface area contributed by atoms with Crippen LogP contribution < -0.4 is 4.90 Å². The molecule has 168 valence electrons. The molecule has 0 saturated heterocycles. The lowest BCUT2D eigenvalue weighted by molar-refractivity contribution is -0.142. The van der Waals surface area contributed by atoms with Gasteiger partial charge in [-0.05, 0) is 44.0 Å². The van der Waals surface area contributed by atoms with E-state index in [9.17, 15) is 18.0 Å². The minimum Gasteiger partial charge on any atom is -0.380 e. The van der Waals surface area contributed by atoms with E-state index in [1.807, 2.05) is 32.9 Å². The van der Waals surface area contributed by atoms with Gasteiger partial charge in [-0.1, -0.05) is 0 Å². The van der Waals surface area contributed by atoms with Crippen molar-refractivity contribution in [2.45, 2.75) is 45.6 Å². The van der Waals surface area contributed by atoms with Crippen LogP contribution in [0.25, 0.3) is 11.3 Å². The van der Waals surface area contributed by atoms with Crippen molar-refractivity contribution in [3.63, 3.8) is 0 Å². The predicted molar refractivity (Wildman–Crippen MR) is 111 cm³/mol. The molecule has 0 fully saturated rings. The maximum Gasteiger partial charge on any atom is 0.408 e. The summed E-state index contributed by atoms with van der Waals surface area (Å²) in [6.07, 6.45) is 1.49. The summed E-state index contributed by atoms with van der Waals surface area (Å²) in [6.45, 7) is 4.63. The fraction of sp³-hybridized carbons (Fsp3) is 0.364. The Morgan fingerprint density at radius 2 is 1.91 bits per heavy atom. The first-order chi connectivity index (χ1) is 15.0. The minimum absolute atomic E-state index is 0.284. The first-order valence-corrected chi connectivity index (χ1v) is 9.90. The predicted octanol–water partition coefficient (Wildman–Crippen LogP) is 4.25. The lowest BCUT2D eigenvalue weighted by atomic mass is 9.96. The highest BCUT2D eigenvalue weighted by Crippen LogP contribution is 2.43. The van der Waals surface area contributed by atoms with Crippen LogP contribution in [-0.4, -0.2) is 38.9 Å². The number of aryl methyl sites for hydroxylation is 1. The molecule has 0 bridgehead atoms. The van der Waals surface area contributed by atoms with Crippen LogP contribution in [0.3, 0.4) is 0 Å². The number of fused-ring (bicyclic) bond motifs is 1. The summed E-state index contributed by atoms with van der Waals surface area (Å²) in [5.41, 5.74) is 3.45. The van der Waals surface area contributed by atoms with E-state index in [1.165, 1.54) is 17.3 Å². The number of hydrogen-bond acceptors (Lipinski definition) is 5. The Balaban J connectivity index is 1.75. The molecule has 3 aromatic rings. The molecule has 0 radical (unpaired) electrons. The zero-order chi connectivity index (χ0) is 23.3. The molecule has 7 nitrogen and oxygen atoms in total. The molecule has 10 heteroatoms. The molecule has 0 saturated carbocycles. The molecule has 32 heavy (non-hydrogen) atoms. The summed E-state index contributed by atoms with van der Waals surface area (Å²) in [5, 5.41) is 3.79. The largest absolute Gasteiger partial charge is 0.408 e. The van der Waals surface area contributed by atoms with E-state index in [0.717, 1.165) is 21.4 Å². The number of nitrogens with zero attached hydrogens (tertiary/aromatic N) is 5. The maximum absolute atomic E-state index is 13.3. The summed E-state index contributed by atoms with van der Waals surface area (Å²) < 4.78 is 44.2. The van der Waals surface area contributed by atoms with Crippen LogP contribution in [0.4, 0.5) is 18.9 Å². The van der Waals surface area contributed by atoms with Crippen LogP contribution in [0, 0.1) is 6.92 Å². The average Bonchev–Trinajstić information content (AvgIpc) is 3.20. The number of halogens is 3. The Labute approximate surface area is 182 Å². The van der Waals surface area contributed by atoms with Crippen molar-refractivity contribution >= 4 is 11.6 Å². The molecule has 0 atom stereocenters. The minimum atomic E-state index is -4.41. The van der Waals surface area contributed by atoms with Gasteiger partial charge >= 0.3 is 6.18 Å². The number of hydrogen-bond donors (Lipinski definition) is 0. The number of carbonyl (C=O) groups excluding carboxylic acids is 1. The number of aromatic nitrogens is 4. The van der Waals surface area contributed by atoms with Crippen LogP contribution in [-0.2, 0) is 23.4 Å². The van der Waals surface area contributed by atoms with Gasteiger partial charge in [-0.25, -0.2) is 4.98 Å². The number of ether oxygens (including phenoxy) is 1. The number of alkyl halides is 3. The van der Waals surface area contributed by atoms with Crippen molar-refractivity contribution in [1.82, 2.24) is 19.7 Å². The zero-order valence-electron chi connectivity index (χ0n) is 18.1. The lowest BCUT2D eigenvalue weighted by Crippen LogP contribution is -2.39. The van der Waals surface area contributed by atoms with E-state index >= 15 is 0 Å².